The molecule has 0 fully saturated rings. The highest BCUT2D eigenvalue weighted by atomic mass is 16.1. The van der Waals surface area contributed by atoms with Crippen LogP contribution in [0.15, 0.2) is 36.4 Å². The minimum atomic E-state index is 0.0304. The molecule has 0 aromatic heterocycles. The number of benzene rings is 2. The maximum Gasteiger partial charge on any atom is 0.224 e. The van der Waals surface area contributed by atoms with Crippen LogP contribution in [0.3, 0.4) is 0 Å². The molecule has 3 heteroatoms. The number of hydrogen-bond donors (Lipinski definition) is 2. The summed E-state index contributed by atoms with van der Waals surface area (Å²) in [7, 11) is 0. The molecule has 2 aromatic rings. The fourth-order valence-corrected chi connectivity index (χ4v) is 2.19. The van der Waals surface area contributed by atoms with Gasteiger partial charge in [-0.15, -0.1) is 0 Å². The molecular formula is C18H22N2O. The Hall–Kier alpha value is -2.29. The second-order valence-corrected chi connectivity index (χ2v) is 5.56. The second-order valence-electron chi connectivity index (χ2n) is 5.56. The molecule has 0 radical (unpaired) electrons. The molecule has 2 rings (SSSR count). The molecule has 3 nitrogen and oxygen atoms in total. The Balaban J connectivity index is 1.95. The lowest BCUT2D eigenvalue weighted by atomic mass is 10.1. The SMILES string of the molecule is Cc1ccc(C)c(NC(=O)CCc2ccc(C)c(N)c2)c1. The molecule has 110 valence electrons. The quantitative estimate of drug-likeness (QED) is 0.839. The summed E-state index contributed by atoms with van der Waals surface area (Å²) in [5.41, 5.74) is 11.9. The van der Waals surface area contributed by atoms with Crippen LogP contribution in [0.5, 0.6) is 0 Å². The summed E-state index contributed by atoms with van der Waals surface area (Å²) < 4.78 is 0. The Morgan fingerprint density at radius 3 is 2.48 bits per heavy atom. The van der Waals surface area contributed by atoms with Crippen LogP contribution in [-0.2, 0) is 11.2 Å². The number of anilines is 2. The maximum absolute atomic E-state index is 12.1. The van der Waals surface area contributed by atoms with Crippen LogP contribution in [0.1, 0.15) is 28.7 Å². The third-order valence-corrected chi connectivity index (χ3v) is 3.65. The van der Waals surface area contributed by atoms with Crippen molar-refractivity contribution < 1.29 is 4.79 Å². The van der Waals surface area contributed by atoms with Gasteiger partial charge in [-0.3, -0.25) is 4.79 Å². The summed E-state index contributed by atoms with van der Waals surface area (Å²) >= 11 is 0. The molecule has 0 saturated carbocycles. The molecule has 1 amide bonds. The first kappa shape index (κ1) is 15.1. The summed E-state index contributed by atoms with van der Waals surface area (Å²) in [6.45, 7) is 5.99. The minimum Gasteiger partial charge on any atom is -0.399 e. The van der Waals surface area contributed by atoms with Crippen molar-refractivity contribution in [1.29, 1.82) is 0 Å². The van der Waals surface area contributed by atoms with Gasteiger partial charge in [0.15, 0.2) is 0 Å². The highest BCUT2D eigenvalue weighted by Crippen LogP contribution is 2.18. The fourth-order valence-electron chi connectivity index (χ4n) is 2.19. The molecule has 0 saturated heterocycles. The van der Waals surface area contributed by atoms with Crippen molar-refractivity contribution in [3.8, 4) is 0 Å². The van der Waals surface area contributed by atoms with Gasteiger partial charge < -0.3 is 11.1 Å². The number of carbonyl (C=O) groups excluding carboxylic acids is 1. The van der Waals surface area contributed by atoms with Crippen molar-refractivity contribution in [3.05, 3.63) is 58.7 Å². The summed E-state index contributed by atoms with van der Waals surface area (Å²) in [5, 5.41) is 2.98. The average Bonchev–Trinajstić information content (AvgIpc) is 2.44. The Morgan fingerprint density at radius 1 is 1.05 bits per heavy atom. The number of aryl methyl sites for hydroxylation is 4. The highest BCUT2D eigenvalue weighted by molar-refractivity contribution is 5.91. The summed E-state index contributed by atoms with van der Waals surface area (Å²) in [6, 6.07) is 12.0. The molecule has 0 atom stereocenters. The molecule has 0 aliphatic rings. The van der Waals surface area contributed by atoms with Crippen LogP contribution in [0, 0.1) is 20.8 Å². The average molecular weight is 282 g/mol. The fraction of sp³-hybridized carbons (Fsp3) is 0.278. The number of nitrogens with two attached hydrogens (primary N) is 1. The van der Waals surface area contributed by atoms with E-state index >= 15 is 0 Å². The standard InChI is InChI=1S/C18H22N2O/c1-12-4-5-14(3)17(10-12)20-18(21)9-8-15-7-6-13(2)16(19)11-15/h4-7,10-11H,8-9,19H2,1-3H3,(H,20,21). The molecule has 2 aromatic carbocycles. The Bertz CT molecular complexity index is 662. The van der Waals surface area contributed by atoms with E-state index in [1.54, 1.807) is 0 Å². The molecule has 0 bridgehead atoms. The lowest BCUT2D eigenvalue weighted by Crippen LogP contribution is -2.13. The van der Waals surface area contributed by atoms with Gasteiger partial charge in [0.2, 0.25) is 5.91 Å². The van der Waals surface area contributed by atoms with E-state index in [9.17, 15) is 4.79 Å². The van der Waals surface area contributed by atoms with Crippen LogP contribution in [0.4, 0.5) is 11.4 Å². The topological polar surface area (TPSA) is 55.1 Å². The van der Waals surface area contributed by atoms with Gasteiger partial charge in [-0.1, -0.05) is 24.3 Å². The van der Waals surface area contributed by atoms with E-state index in [1.165, 1.54) is 0 Å². The largest absolute Gasteiger partial charge is 0.399 e. The van der Waals surface area contributed by atoms with Gasteiger partial charge >= 0.3 is 0 Å². The number of hydrogen-bond acceptors (Lipinski definition) is 2. The normalized spacial score (nSPS) is 10.4. The van der Waals surface area contributed by atoms with Crippen molar-refractivity contribution >= 4 is 17.3 Å². The van der Waals surface area contributed by atoms with Crippen molar-refractivity contribution in [1.82, 2.24) is 0 Å². The van der Waals surface area contributed by atoms with E-state index in [0.29, 0.717) is 12.8 Å². The van der Waals surface area contributed by atoms with Crippen LogP contribution in [0.2, 0.25) is 0 Å². The van der Waals surface area contributed by atoms with Gasteiger partial charge in [-0.2, -0.15) is 0 Å². The second kappa shape index (κ2) is 6.44. The smallest absolute Gasteiger partial charge is 0.224 e. The third-order valence-electron chi connectivity index (χ3n) is 3.65. The van der Waals surface area contributed by atoms with Crippen LogP contribution < -0.4 is 11.1 Å². The first-order valence-electron chi connectivity index (χ1n) is 7.18. The number of carbonyl (C=O) groups is 1. The van der Waals surface area contributed by atoms with Gasteiger partial charge in [-0.05, 0) is 61.6 Å². The van der Waals surface area contributed by atoms with E-state index in [4.69, 9.17) is 5.73 Å². The molecular weight excluding hydrogens is 260 g/mol. The van der Waals surface area contributed by atoms with Gasteiger partial charge in [0, 0.05) is 17.8 Å². The molecule has 3 N–H and O–H groups in total. The molecule has 0 spiro atoms. The molecule has 0 aliphatic heterocycles. The number of amides is 1. The predicted octanol–water partition coefficient (Wildman–Crippen LogP) is 3.77. The zero-order valence-corrected chi connectivity index (χ0v) is 12.9. The summed E-state index contributed by atoms with van der Waals surface area (Å²) in [4.78, 5) is 12.1. The molecule has 0 unspecified atom stereocenters. The first-order chi connectivity index (χ1) is 9.95. The van der Waals surface area contributed by atoms with Gasteiger partial charge in [0.25, 0.3) is 0 Å². The molecule has 21 heavy (non-hydrogen) atoms. The number of nitrogen functional groups attached to an aromatic ring is 1. The lowest BCUT2D eigenvalue weighted by molar-refractivity contribution is -0.116. The summed E-state index contributed by atoms with van der Waals surface area (Å²) in [5.74, 6) is 0.0304. The van der Waals surface area contributed by atoms with Crippen molar-refractivity contribution in [2.24, 2.45) is 0 Å². The van der Waals surface area contributed by atoms with E-state index in [-0.39, 0.29) is 5.91 Å². The molecule has 0 heterocycles. The van der Waals surface area contributed by atoms with E-state index in [1.807, 2.05) is 57.2 Å². The zero-order valence-electron chi connectivity index (χ0n) is 12.9. The van der Waals surface area contributed by atoms with Crippen LogP contribution in [0.25, 0.3) is 0 Å². The Labute approximate surface area is 126 Å². The lowest BCUT2D eigenvalue weighted by Gasteiger charge is -2.10. The van der Waals surface area contributed by atoms with Gasteiger partial charge in [0.05, 0.1) is 0 Å². The van der Waals surface area contributed by atoms with Gasteiger partial charge in [0.1, 0.15) is 0 Å². The minimum absolute atomic E-state index is 0.0304. The Kier molecular flexibility index (Phi) is 4.63. The van der Waals surface area contributed by atoms with Crippen LogP contribution >= 0.6 is 0 Å². The van der Waals surface area contributed by atoms with E-state index in [0.717, 1.165) is 33.6 Å². The molecule has 0 aliphatic carbocycles. The monoisotopic (exact) mass is 282 g/mol. The van der Waals surface area contributed by atoms with Crippen LogP contribution in [-0.4, -0.2) is 5.91 Å². The van der Waals surface area contributed by atoms with Gasteiger partial charge in [-0.25, -0.2) is 0 Å². The predicted molar refractivity (Wildman–Crippen MR) is 88.5 cm³/mol. The maximum atomic E-state index is 12.1. The third kappa shape index (κ3) is 4.09. The van der Waals surface area contributed by atoms with E-state index in [2.05, 4.69) is 5.32 Å². The Morgan fingerprint density at radius 2 is 1.76 bits per heavy atom. The number of nitrogens with one attached hydrogen (secondary N) is 1. The first-order valence-corrected chi connectivity index (χ1v) is 7.18. The van der Waals surface area contributed by atoms with Crippen molar-refractivity contribution in [2.75, 3.05) is 11.1 Å². The van der Waals surface area contributed by atoms with Crippen molar-refractivity contribution in [3.63, 3.8) is 0 Å². The van der Waals surface area contributed by atoms with Crippen molar-refractivity contribution in [2.45, 2.75) is 33.6 Å². The van der Waals surface area contributed by atoms with E-state index < -0.39 is 0 Å². The highest BCUT2D eigenvalue weighted by Gasteiger charge is 2.06. The number of rotatable bonds is 4. The zero-order chi connectivity index (χ0) is 15.4. The summed E-state index contributed by atoms with van der Waals surface area (Å²) in [6.07, 6.45) is 1.15.